The Kier molecular flexibility index (Phi) is 4.54. The maximum absolute atomic E-state index is 10.5. The summed E-state index contributed by atoms with van der Waals surface area (Å²) in [5.74, 6) is 0. The molecule has 1 aliphatic carbocycles. The largest absolute Gasteiger partial charge is 0.388 e. The second-order valence-electron chi connectivity index (χ2n) is 5.78. The summed E-state index contributed by atoms with van der Waals surface area (Å²) in [7, 11) is 2.03. The Labute approximate surface area is 123 Å². The summed E-state index contributed by atoms with van der Waals surface area (Å²) in [5.41, 5.74) is 7.61. The number of hydrogen-bond acceptors (Lipinski definition) is 3. The Hall–Kier alpha value is -0.580. The summed E-state index contributed by atoms with van der Waals surface area (Å²) in [6, 6.07) is 6.23. The van der Waals surface area contributed by atoms with Crippen LogP contribution in [0.25, 0.3) is 0 Å². The van der Waals surface area contributed by atoms with E-state index in [-0.39, 0.29) is 6.04 Å². The lowest BCUT2D eigenvalue weighted by atomic mass is 10.0. The maximum Gasteiger partial charge on any atom is 0.0821 e. The van der Waals surface area contributed by atoms with Crippen molar-refractivity contribution in [2.24, 2.45) is 5.73 Å². The Morgan fingerprint density at radius 1 is 1.42 bits per heavy atom. The number of benzene rings is 1. The molecular formula is C15H23BrN2O. The van der Waals surface area contributed by atoms with Crippen LogP contribution in [0.3, 0.4) is 0 Å². The molecule has 3 nitrogen and oxygen atoms in total. The fraction of sp³-hybridized carbons (Fsp3) is 0.600. The molecule has 19 heavy (non-hydrogen) atoms. The fourth-order valence-corrected chi connectivity index (χ4v) is 3.57. The highest BCUT2D eigenvalue weighted by molar-refractivity contribution is 9.10. The molecular weight excluding hydrogens is 304 g/mol. The SMILES string of the molecule is C[C@H](N)c1ccc(N(C)CC2(O)CCCC2)cc1Br. The number of rotatable bonds is 4. The van der Waals surface area contributed by atoms with Crippen LogP contribution in [0.15, 0.2) is 22.7 Å². The van der Waals surface area contributed by atoms with Gasteiger partial charge in [0.1, 0.15) is 0 Å². The maximum atomic E-state index is 10.5. The molecule has 0 heterocycles. The first-order valence-corrected chi connectivity index (χ1v) is 7.69. The summed E-state index contributed by atoms with van der Waals surface area (Å²) >= 11 is 3.57. The Morgan fingerprint density at radius 3 is 2.58 bits per heavy atom. The molecule has 0 saturated heterocycles. The first kappa shape index (κ1) is 14.8. The van der Waals surface area contributed by atoms with E-state index in [0.29, 0.717) is 6.54 Å². The average molecular weight is 327 g/mol. The second kappa shape index (κ2) is 5.81. The molecule has 0 bridgehead atoms. The van der Waals surface area contributed by atoms with E-state index in [1.54, 1.807) is 0 Å². The molecule has 0 spiro atoms. The Bertz CT molecular complexity index is 442. The molecule has 2 rings (SSSR count). The van der Waals surface area contributed by atoms with Gasteiger partial charge in [0.15, 0.2) is 0 Å². The molecule has 0 aliphatic heterocycles. The van der Waals surface area contributed by atoms with E-state index in [9.17, 15) is 5.11 Å². The molecule has 0 radical (unpaired) electrons. The van der Waals surface area contributed by atoms with Crippen molar-refractivity contribution in [3.63, 3.8) is 0 Å². The molecule has 0 aromatic heterocycles. The number of aliphatic hydroxyl groups is 1. The van der Waals surface area contributed by atoms with E-state index in [1.807, 2.05) is 14.0 Å². The zero-order valence-electron chi connectivity index (χ0n) is 11.7. The van der Waals surface area contributed by atoms with E-state index in [2.05, 4.69) is 39.0 Å². The minimum absolute atomic E-state index is 0.0211. The third-order valence-corrected chi connectivity index (χ3v) is 4.67. The molecule has 106 valence electrons. The van der Waals surface area contributed by atoms with Gasteiger partial charge in [0.2, 0.25) is 0 Å². The lowest BCUT2D eigenvalue weighted by molar-refractivity contribution is 0.0559. The standard InChI is InChI=1S/C15H23BrN2O/c1-11(17)13-6-5-12(9-14(13)16)18(2)10-15(19)7-3-4-8-15/h5-6,9,11,19H,3-4,7-8,10,17H2,1-2H3/t11-/m0/s1. The summed E-state index contributed by atoms with van der Waals surface area (Å²) in [6.07, 6.45) is 4.10. The number of halogens is 1. The smallest absolute Gasteiger partial charge is 0.0821 e. The Morgan fingerprint density at radius 2 is 2.05 bits per heavy atom. The van der Waals surface area contributed by atoms with Crippen molar-refractivity contribution in [3.05, 3.63) is 28.2 Å². The first-order chi connectivity index (χ1) is 8.91. The highest BCUT2D eigenvalue weighted by Gasteiger charge is 2.32. The molecule has 0 amide bonds. The van der Waals surface area contributed by atoms with Crippen LogP contribution < -0.4 is 10.6 Å². The first-order valence-electron chi connectivity index (χ1n) is 6.90. The highest BCUT2D eigenvalue weighted by atomic mass is 79.9. The predicted molar refractivity (Wildman–Crippen MR) is 83.4 cm³/mol. The van der Waals surface area contributed by atoms with Crippen molar-refractivity contribution in [1.29, 1.82) is 0 Å². The van der Waals surface area contributed by atoms with Crippen LogP contribution in [0.5, 0.6) is 0 Å². The predicted octanol–water partition coefficient (Wildman–Crippen LogP) is 3.21. The quantitative estimate of drug-likeness (QED) is 0.893. The highest BCUT2D eigenvalue weighted by Crippen LogP contribution is 2.32. The molecule has 1 aliphatic rings. The van der Waals surface area contributed by atoms with Crippen LogP contribution >= 0.6 is 15.9 Å². The van der Waals surface area contributed by atoms with Gasteiger partial charge in [-0.2, -0.15) is 0 Å². The van der Waals surface area contributed by atoms with Crippen LogP contribution in [-0.4, -0.2) is 24.3 Å². The van der Waals surface area contributed by atoms with Gasteiger partial charge >= 0.3 is 0 Å². The van der Waals surface area contributed by atoms with Gasteiger partial charge in [-0.1, -0.05) is 34.8 Å². The Balaban J connectivity index is 2.11. The van der Waals surface area contributed by atoms with Crippen LogP contribution in [0, 0.1) is 0 Å². The van der Waals surface area contributed by atoms with Crippen LogP contribution in [0.2, 0.25) is 0 Å². The number of likely N-dealkylation sites (N-methyl/N-ethyl adjacent to an activating group) is 1. The van der Waals surface area contributed by atoms with Crippen molar-refractivity contribution in [2.45, 2.75) is 44.2 Å². The number of nitrogens with zero attached hydrogens (tertiary/aromatic N) is 1. The number of hydrogen-bond donors (Lipinski definition) is 2. The van der Waals surface area contributed by atoms with E-state index in [0.717, 1.165) is 41.4 Å². The number of anilines is 1. The molecule has 1 fully saturated rings. The van der Waals surface area contributed by atoms with E-state index < -0.39 is 5.60 Å². The van der Waals surface area contributed by atoms with E-state index in [4.69, 9.17) is 5.73 Å². The van der Waals surface area contributed by atoms with Gasteiger partial charge < -0.3 is 15.7 Å². The van der Waals surface area contributed by atoms with Crippen molar-refractivity contribution in [2.75, 3.05) is 18.5 Å². The summed E-state index contributed by atoms with van der Waals surface area (Å²) in [6.45, 7) is 2.67. The van der Waals surface area contributed by atoms with Gasteiger partial charge in [-0.15, -0.1) is 0 Å². The molecule has 3 N–H and O–H groups in total. The van der Waals surface area contributed by atoms with Gasteiger partial charge in [0.25, 0.3) is 0 Å². The lowest BCUT2D eigenvalue weighted by Crippen LogP contribution is -2.39. The molecule has 0 unspecified atom stereocenters. The zero-order valence-corrected chi connectivity index (χ0v) is 13.3. The fourth-order valence-electron chi connectivity index (χ4n) is 2.85. The third kappa shape index (κ3) is 3.50. The monoisotopic (exact) mass is 326 g/mol. The minimum atomic E-state index is -0.513. The molecule has 1 aromatic rings. The summed E-state index contributed by atoms with van der Waals surface area (Å²) in [4.78, 5) is 2.13. The summed E-state index contributed by atoms with van der Waals surface area (Å²) < 4.78 is 1.03. The van der Waals surface area contributed by atoms with Crippen LogP contribution in [0.4, 0.5) is 5.69 Å². The second-order valence-corrected chi connectivity index (χ2v) is 6.64. The zero-order chi connectivity index (χ0) is 14.0. The normalized spacial score (nSPS) is 19.4. The van der Waals surface area contributed by atoms with Gasteiger partial charge in [-0.3, -0.25) is 0 Å². The van der Waals surface area contributed by atoms with Crippen LogP contribution in [0.1, 0.15) is 44.2 Å². The van der Waals surface area contributed by atoms with Crippen molar-refractivity contribution in [1.82, 2.24) is 0 Å². The third-order valence-electron chi connectivity index (χ3n) is 3.98. The van der Waals surface area contributed by atoms with Gasteiger partial charge in [0, 0.05) is 29.8 Å². The molecule has 1 saturated carbocycles. The summed E-state index contributed by atoms with van der Waals surface area (Å²) in [5, 5.41) is 10.5. The van der Waals surface area contributed by atoms with Crippen molar-refractivity contribution >= 4 is 21.6 Å². The van der Waals surface area contributed by atoms with Gasteiger partial charge in [-0.25, -0.2) is 0 Å². The minimum Gasteiger partial charge on any atom is -0.388 e. The molecule has 1 atom stereocenters. The van der Waals surface area contributed by atoms with Gasteiger partial charge in [-0.05, 0) is 37.5 Å². The van der Waals surface area contributed by atoms with E-state index in [1.165, 1.54) is 0 Å². The van der Waals surface area contributed by atoms with E-state index >= 15 is 0 Å². The van der Waals surface area contributed by atoms with Crippen molar-refractivity contribution < 1.29 is 5.11 Å². The average Bonchev–Trinajstić information content (AvgIpc) is 2.75. The lowest BCUT2D eigenvalue weighted by Gasteiger charge is -2.30. The van der Waals surface area contributed by atoms with Crippen LogP contribution in [-0.2, 0) is 0 Å². The number of nitrogens with two attached hydrogens (primary N) is 1. The molecule has 1 aromatic carbocycles. The topological polar surface area (TPSA) is 49.5 Å². The van der Waals surface area contributed by atoms with Crippen molar-refractivity contribution in [3.8, 4) is 0 Å². The molecule has 4 heteroatoms. The van der Waals surface area contributed by atoms with Gasteiger partial charge in [0.05, 0.1) is 5.60 Å².